The zero-order valence-corrected chi connectivity index (χ0v) is 10.5. The van der Waals surface area contributed by atoms with Crippen LogP contribution in [0.4, 0.5) is 0 Å². The minimum Gasteiger partial charge on any atom is -0.496 e. The van der Waals surface area contributed by atoms with Gasteiger partial charge in [0.05, 0.1) is 20.3 Å². The lowest BCUT2D eigenvalue weighted by Gasteiger charge is -2.42. The van der Waals surface area contributed by atoms with Crippen molar-refractivity contribution in [3.8, 4) is 5.75 Å². The van der Waals surface area contributed by atoms with Crippen molar-refractivity contribution in [2.45, 2.75) is 25.2 Å². The average Bonchev–Trinajstić information content (AvgIpc) is 2.28. The van der Waals surface area contributed by atoms with Crippen molar-refractivity contribution in [2.24, 2.45) is 0 Å². The van der Waals surface area contributed by atoms with Crippen LogP contribution >= 0.6 is 0 Å². The highest BCUT2D eigenvalue weighted by atomic mass is 16.5. The molecule has 0 unspecified atom stereocenters. The van der Waals surface area contributed by atoms with Gasteiger partial charge < -0.3 is 14.6 Å². The summed E-state index contributed by atoms with van der Waals surface area (Å²) in [5.74, 6) is 0.923. The number of benzene rings is 1. The minimum absolute atomic E-state index is 0.111. The monoisotopic (exact) mass is 236 g/mol. The summed E-state index contributed by atoms with van der Waals surface area (Å²) in [6.07, 6.45) is 1.81. The molecule has 0 bridgehead atoms. The van der Waals surface area contributed by atoms with Crippen molar-refractivity contribution in [3.05, 3.63) is 29.3 Å². The van der Waals surface area contributed by atoms with Crippen molar-refractivity contribution < 1.29 is 14.6 Å². The molecule has 3 nitrogen and oxygen atoms in total. The normalized spacial score (nSPS) is 17.6. The Hall–Kier alpha value is -1.06. The summed E-state index contributed by atoms with van der Waals surface area (Å²) >= 11 is 0. The summed E-state index contributed by atoms with van der Waals surface area (Å²) in [5, 5.41) is 8.97. The van der Waals surface area contributed by atoms with Crippen molar-refractivity contribution in [2.75, 3.05) is 26.9 Å². The third-order valence-electron chi connectivity index (χ3n) is 3.58. The van der Waals surface area contributed by atoms with Gasteiger partial charge in [-0.25, -0.2) is 0 Å². The Bertz CT molecular complexity index is 383. The van der Waals surface area contributed by atoms with Crippen LogP contribution in [0, 0.1) is 6.92 Å². The van der Waals surface area contributed by atoms with Gasteiger partial charge in [-0.1, -0.05) is 12.1 Å². The quantitative estimate of drug-likeness (QED) is 0.850. The molecule has 0 saturated carbocycles. The molecule has 1 heterocycles. The van der Waals surface area contributed by atoms with Crippen LogP contribution in [0.3, 0.4) is 0 Å². The van der Waals surface area contributed by atoms with E-state index in [2.05, 4.69) is 19.1 Å². The molecule has 1 aliphatic rings. The number of hydrogen-bond acceptors (Lipinski definition) is 3. The average molecular weight is 236 g/mol. The molecular weight excluding hydrogens is 216 g/mol. The van der Waals surface area contributed by atoms with Crippen LogP contribution in [-0.2, 0) is 10.2 Å². The first-order valence-electron chi connectivity index (χ1n) is 6.05. The van der Waals surface area contributed by atoms with Gasteiger partial charge in [0.1, 0.15) is 5.75 Å². The summed E-state index contributed by atoms with van der Waals surface area (Å²) in [7, 11) is 1.69. The van der Waals surface area contributed by atoms with Crippen molar-refractivity contribution in [1.29, 1.82) is 0 Å². The molecule has 3 heteroatoms. The number of hydrogen-bond donors (Lipinski definition) is 1. The molecule has 1 fully saturated rings. The SMILES string of the molecule is COc1ccc(C2(CCCO)COC2)cc1C. The molecular formula is C14H20O3. The fourth-order valence-corrected chi connectivity index (χ4v) is 2.43. The van der Waals surface area contributed by atoms with Gasteiger partial charge in [0.2, 0.25) is 0 Å². The van der Waals surface area contributed by atoms with Gasteiger partial charge in [0, 0.05) is 12.0 Å². The second-order valence-electron chi connectivity index (χ2n) is 4.78. The summed E-state index contributed by atoms with van der Waals surface area (Å²) in [4.78, 5) is 0. The highest BCUT2D eigenvalue weighted by Crippen LogP contribution is 2.38. The summed E-state index contributed by atoms with van der Waals surface area (Å²) in [5.41, 5.74) is 2.57. The van der Waals surface area contributed by atoms with E-state index in [-0.39, 0.29) is 12.0 Å². The fourth-order valence-electron chi connectivity index (χ4n) is 2.43. The lowest BCUT2D eigenvalue weighted by atomic mass is 9.74. The Balaban J connectivity index is 2.22. The molecule has 94 valence electrons. The third kappa shape index (κ3) is 2.31. The Kier molecular flexibility index (Phi) is 3.69. The van der Waals surface area contributed by atoms with E-state index in [4.69, 9.17) is 14.6 Å². The van der Waals surface area contributed by atoms with Crippen molar-refractivity contribution in [1.82, 2.24) is 0 Å². The minimum atomic E-state index is 0.111. The van der Waals surface area contributed by atoms with E-state index >= 15 is 0 Å². The largest absolute Gasteiger partial charge is 0.496 e. The lowest BCUT2D eigenvalue weighted by molar-refractivity contribution is -0.0665. The maximum Gasteiger partial charge on any atom is 0.121 e. The van der Waals surface area contributed by atoms with Gasteiger partial charge in [0.25, 0.3) is 0 Å². The van der Waals surface area contributed by atoms with E-state index in [1.54, 1.807) is 7.11 Å². The van der Waals surface area contributed by atoms with E-state index in [1.807, 2.05) is 6.07 Å². The fraction of sp³-hybridized carbons (Fsp3) is 0.571. The molecule has 2 rings (SSSR count). The van der Waals surface area contributed by atoms with Gasteiger partial charge in [0.15, 0.2) is 0 Å². The van der Waals surface area contributed by atoms with E-state index in [0.29, 0.717) is 0 Å². The summed E-state index contributed by atoms with van der Waals surface area (Å²) < 4.78 is 10.6. The molecule has 0 aromatic heterocycles. The zero-order chi connectivity index (χ0) is 12.3. The Morgan fingerprint density at radius 3 is 2.65 bits per heavy atom. The van der Waals surface area contributed by atoms with Crippen molar-refractivity contribution in [3.63, 3.8) is 0 Å². The number of aliphatic hydroxyl groups excluding tert-OH is 1. The Morgan fingerprint density at radius 2 is 2.18 bits per heavy atom. The smallest absolute Gasteiger partial charge is 0.121 e. The number of rotatable bonds is 5. The predicted molar refractivity (Wildman–Crippen MR) is 66.5 cm³/mol. The first kappa shape index (κ1) is 12.4. The van der Waals surface area contributed by atoms with Crippen LogP contribution in [0.25, 0.3) is 0 Å². The highest BCUT2D eigenvalue weighted by Gasteiger charge is 2.39. The molecule has 1 aromatic rings. The second-order valence-corrected chi connectivity index (χ2v) is 4.78. The van der Waals surface area contributed by atoms with Gasteiger partial charge in [-0.3, -0.25) is 0 Å². The highest BCUT2D eigenvalue weighted by molar-refractivity contribution is 5.40. The first-order valence-corrected chi connectivity index (χ1v) is 6.05. The zero-order valence-electron chi connectivity index (χ0n) is 10.5. The lowest BCUT2D eigenvalue weighted by Crippen LogP contribution is -2.46. The molecule has 1 N–H and O–H groups in total. The van der Waals surface area contributed by atoms with E-state index in [0.717, 1.165) is 37.4 Å². The Morgan fingerprint density at radius 1 is 1.41 bits per heavy atom. The first-order chi connectivity index (χ1) is 8.22. The van der Waals surface area contributed by atoms with E-state index in [1.165, 1.54) is 5.56 Å². The molecule has 1 aromatic carbocycles. The van der Waals surface area contributed by atoms with E-state index < -0.39 is 0 Å². The standard InChI is InChI=1S/C14H20O3/c1-11-8-12(4-5-13(11)16-2)14(6-3-7-15)9-17-10-14/h4-5,8,15H,3,6-7,9-10H2,1-2H3. The van der Waals surface area contributed by atoms with Gasteiger partial charge in [-0.05, 0) is 37.0 Å². The number of aryl methyl sites for hydroxylation is 1. The van der Waals surface area contributed by atoms with Crippen LogP contribution in [0.5, 0.6) is 5.75 Å². The maximum absolute atomic E-state index is 8.97. The van der Waals surface area contributed by atoms with Crippen LogP contribution in [0.15, 0.2) is 18.2 Å². The van der Waals surface area contributed by atoms with Crippen LogP contribution in [0.2, 0.25) is 0 Å². The van der Waals surface area contributed by atoms with Gasteiger partial charge in [-0.15, -0.1) is 0 Å². The second kappa shape index (κ2) is 5.07. The summed E-state index contributed by atoms with van der Waals surface area (Å²) in [6, 6.07) is 6.31. The molecule has 0 radical (unpaired) electrons. The van der Waals surface area contributed by atoms with Crippen molar-refractivity contribution >= 4 is 0 Å². The van der Waals surface area contributed by atoms with Gasteiger partial charge >= 0.3 is 0 Å². The molecule has 0 atom stereocenters. The molecule has 0 aliphatic carbocycles. The van der Waals surface area contributed by atoms with Crippen LogP contribution in [-0.4, -0.2) is 32.0 Å². The van der Waals surface area contributed by atoms with Crippen LogP contribution in [0.1, 0.15) is 24.0 Å². The van der Waals surface area contributed by atoms with Gasteiger partial charge in [-0.2, -0.15) is 0 Å². The molecule has 1 aliphatic heterocycles. The maximum atomic E-state index is 8.97. The molecule has 17 heavy (non-hydrogen) atoms. The number of ether oxygens (including phenoxy) is 2. The third-order valence-corrected chi connectivity index (χ3v) is 3.58. The summed E-state index contributed by atoms with van der Waals surface area (Å²) in [6.45, 7) is 3.83. The predicted octanol–water partition coefficient (Wildman–Crippen LogP) is 2.04. The number of methoxy groups -OCH3 is 1. The Labute approximate surface area is 102 Å². The number of aliphatic hydroxyl groups is 1. The topological polar surface area (TPSA) is 38.7 Å². The molecule has 1 saturated heterocycles. The molecule has 0 amide bonds. The van der Waals surface area contributed by atoms with E-state index in [9.17, 15) is 0 Å². The van der Waals surface area contributed by atoms with Crippen LogP contribution < -0.4 is 4.74 Å². The molecule has 0 spiro atoms.